The van der Waals surface area contributed by atoms with Gasteiger partial charge in [0.2, 0.25) is 5.91 Å². The summed E-state index contributed by atoms with van der Waals surface area (Å²) in [7, 11) is 0. The predicted molar refractivity (Wildman–Crippen MR) is 93.2 cm³/mol. The third kappa shape index (κ3) is 3.68. The van der Waals surface area contributed by atoms with Crippen LogP contribution in [0.3, 0.4) is 0 Å². The molecule has 6 heteroatoms. The van der Waals surface area contributed by atoms with E-state index in [0.717, 1.165) is 24.2 Å². The van der Waals surface area contributed by atoms with Crippen molar-refractivity contribution in [3.05, 3.63) is 33.9 Å². The number of carbonyl (C=O) groups excluding carboxylic acids is 1. The summed E-state index contributed by atoms with van der Waals surface area (Å²) in [4.78, 5) is 24.9. The molecule has 1 aliphatic carbocycles. The Labute approximate surface area is 142 Å². The van der Waals surface area contributed by atoms with Gasteiger partial charge in [-0.05, 0) is 43.7 Å². The van der Waals surface area contributed by atoms with Crippen LogP contribution in [0.1, 0.15) is 44.6 Å². The second kappa shape index (κ2) is 7.20. The minimum atomic E-state index is -0.371. The summed E-state index contributed by atoms with van der Waals surface area (Å²) in [6, 6.07) is 5.10. The Morgan fingerprint density at radius 3 is 2.79 bits per heavy atom. The molecule has 1 atom stereocenters. The number of nitro benzene ring substituents is 1. The second-order valence-corrected chi connectivity index (χ2v) is 7.06. The molecule has 2 aliphatic rings. The quantitative estimate of drug-likeness (QED) is 0.664. The maximum Gasteiger partial charge on any atom is 0.269 e. The van der Waals surface area contributed by atoms with E-state index in [9.17, 15) is 14.9 Å². The number of amides is 1. The molecule has 0 spiro atoms. The Bertz CT molecular complexity index is 626. The largest absolute Gasteiger partial charge is 0.359 e. The average Bonchev–Trinajstić information content (AvgIpc) is 2.89. The SMILES string of the molecule is CC1Cc2cc([N+](=O)[O-])ccc2N1CC(=O)NCC1CCCCC1. The number of hydrogen-bond acceptors (Lipinski definition) is 4. The van der Waals surface area contributed by atoms with Crippen LogP contribution in [-0.4, -0.2) is 30.0 Å². The molecular formula is C18H25N3O3. The first kappa shape index (κ1) is 16.7. The fourth-order valence-electron chi connectivity index (χ4n) is 3.90. The molecule has 1 unspecified atom stereocenters. The molecule has 3 rings (SSSR count). The van der Waals surface area contributed by atoms with Gasteiger partial charge < -0.3 is 10.2 Å². The summed E-state index contributed by atoms with van der Waals surface area (Å²) in [5.41, 5.74) is 2.02. The van der Waals surface area contributed by atoms with Crippen molar-refractivity contribution in [3.8, 4) is 0 Å². The fraction of sp³-hybridized carbons (Fsp3) is 0.611. The summed E-state index contributed by atoms with van der Waals surface area (Å²) < 4.78 is 0. The molecule has 1 saturated carbocycles. The third-order valence-corrected chi connectivity index (χ3v) is 5.26. The number of benzene rings is 1. The van der Waals surface area contributed by atoms with E-state index in [0.29, 0.717) is 12.5 Å². The van der Waals surface area contributed by atoms with Crippen molar-refractivity contribution in [2.45, 2.75) is 51.5 Å². The number of nitro groups is 1. The number of anilines is 1. The van der Waals surface area contributed by atoms with Crippen LogP contribution in [0, 0.1) is 16.0 Å². The van der Waals surface area contributed by atoms with Crippen LogP contribution >= 0.6 is 0 Å². The third-order valence-electron chi connectivity index (χ3n) is 5.26. The molecule has 6 nitrogen and oxygen atoms in total. The zero-order valence-electron chi connectivity index (χ0n) is 14.2. The molecule has 1 aliphatic heterocycles. The van der Waals surface area contributed by atoms with Gasteiger partial charge in [0.05, 0.1) is 11.5 Å². The number of carbonyl (C=O) groups is 1. The van der Waals surface area contributed by atoms with Gasteiger partial charge in [-0.25, -0.2) is 0 Å². The van der Waals surface area contributed by atoms with E-state index in [1.165, 1.54) is 38.2 Å². The van der Waals surface area contributed by atoms with Crippen LogP contribution in [0.2, 0.25) is 0 Å². The fourth-order valence-corrected chi connectivity index (χ4v) is 3.90. The first-order valence-corrected chi connectivity index (χ1v) is 8.85. The molecule has 1 aromatic rings. The molecule has 0 radical (unpaired) electrons. The van der Waals surface area contributed by atoms with Crippen LogP contribution in [0.15, 0.2) is 18.2 Å². The minimum absolute atomic E-state index is 0.0404. The van der Waals surface area contributed by atoms with Crippen LogP contribution in [0.5, 0.6) is 0 Å². The average molecular weight is 331 g/mol. The number of rotatable bonds is 5. The Balaban J connectivity index is 1.59. The maximum atomic E-state index is 12.3. The Kier molecular flexibility index (Phi) is 5.02. The van der Waals surface area contributed by atoms with Gasteiger partial charge in [0, 0.05) is 30.4 Å². The number of nitrogens with one attached hydrogen (secondary N) is 1. The lowest BCUT2D eigenvalue weighted by Crippen LogP contribution is -2.41. The van der Waals surface area contributed by atoms with Crippen molar-refractivity contribution in [1.29, 1.82) is 0 Å². The standard InChI is InChI=1S/C18H25N3O3/c1-13-9-15-10-16(21(23)24)7-8-17(15)20(13)12-18(22)19-11-14-5-3-2-4-6-14/h7-8,10,13-14H,2-6,9,11-12H2,1H3,(H,19,22). The van der Waals surface area contributed by atoms with E-state index in [2.05, 4.69) is 17.1 Å². The first-order chi connectivity index (χ1) is 11.5. The van der Waals surface area contributed by atoms with Crippen LogP contribution in [0.25, 0.3) is 0 Å². The second-order valence-electron chi connectivity index (χ2n) is 7.06. The predicted octanol–water partition coefficient (Wildman–Crippen LogP) is 3.04. The van der Waals surface area contributed by atoms with E-state index < -0.39 is 0 Å². The summed E-state index contributed by atoms with van der Waals surface area (Å²) in [6.45, 7) is 3.15. The van der Waals surface area contributed by atoms with Crippen molar-refractivity contribution in [1.82, 2.24) is 5.32 Å². The molecule has 1 amide bonds. The van der Waals surface area contributed by atoms with Crippen molar-refractivity contribution in [3.63, 3.8) is 0 Å². The highest BCUT2D eigenvalue weighted by atomic mass is 16.6. The highest BCUT2D eigenvalue weighted by molar-refractivity contribution is 5.82. The van der Waals surface area contributed by atoms with Gasteiger partial charge >= 0.3 is 0 Å². The number of non-ortho nitro benzene ring substituents is 1. The molecule has 0 bridgehead atoms. The maximum absolute atomic E-state index is 12.3. The molecule has 1 aromatic carbocycles. The van der Waals surface area contributed by atoms with E-state index in [1.807, 2.05) is 0 Å². The van der Waals surface area contributed by atoms with Gasteiger partial charge in [0.15, 0.2) is 0 Å². The number of fused-ring (bicyclic) bond motifs is 1. The molecule has 0 aromatic heterocycles. The molecule has 24 heavy (non-hydrogen) atoms. The number of hydrogen-bond donors (Lipinski definition) is 1. The summed E-state index contributed by atoms with van der Waals surface area (Å²) in [5, 5.41) is 14.0. The van der Waals surface area contributed by atoms with Crippen LogP contribution in [0.4, 0.5) is 11.4 Å². The van der Waals surface area contributed by atoms with Crippen LogP contribution < -0.4 is 10.2 Å². The topological polar surface area (TPSA) is 75.5 Å². The van der Waals surface area contributed by atoms with E-state index in [1.54, 1.807) is 12.1 Å². The van der Waals surface area contributed by atoms with Gasteiger partial charge in [-0.2, -0.15) is 0 Å². The first-order valence-electron chi connectivity index (χ1n) is 8.85. The zero-order valence-corrected chi connectivity index (χ0v) is 14.2. The Hall–Kier alpha value is -2.11. The van der Waals surface area contributed by atoms with Gasteiger partial charge in [0.25, 0.3) is 5.69 Å². The Morgan fingerprint density at radius 2 is 2.08 bits per heavy atom. The summed E-state index contributed by atoms with van der Waals surface area (Å²) in [6.07, 6.45) is 7.04. The summed E-state index contributed by atoms with van der Waals surface area (Å²) >= 11 is 0. The lowest BCUT2D eigenvalue weighted by molar-refractivity contribution is -0.384. The van der Waals surface area contributed by atoms with Crippen LogP contribution in [-0.2, 0) is 11.2 Å². The molecule has 1 heterocycles. The minimum Gasteiger partial charge on any atom is -0.359 e. The molecule has 0 saturated heterocycles. The van der Waals surface area contributed by atoms with E-state index in [4.69, 9.17) is 0 Å². The monoisotopic (exact) mass is 331 g/mol. The highest BCUT2D eigenvalue weighted by Gasteiger charge is 2.29. The van der Waals surface area contributed by atoms with Gasteiger partial charge in [0.1, 0.15) is 0 Å². The van der Waals surface area contributed by atoms with Crippen molar-refractivity contribution >= 4 is 17.3 Å². The normalized spacial score (nSPS) is 20.7. The number of nitrogens with zero attached hydrogens (tertiary/aromatic N) is 2. The smallest absolute Gasteiger partial charge is 0.269 e. The lowest BCUT2D eigenvalue weighted by Gasteiger charge is -2.26. The highest BCUT2D eigenvalue weighted by Crippen LogP contribution is 2.34. The molecule has 1 N–H and O–H groups in total. The van der Waals surface area contributed by atoms with Gasteiger partial charge in [-0.15, -0.1) is 0 Å². The molecule has 130 valence electrons. The van der Waals surface area contributed by atoms with Crippen molar-refractivity contribution in [2.24, 2.45) is 5.92 Å². The van der Waals surface area contributed by atoms with Crippen molar-refractivity contribution in [2.75, 3.05) is 18.0 Å². The summed E-state index contributed by atoms with van der Waals surface area (Å²) in [5.74, 6) is 0.660. The van der Waals surface area contributed by atoms with E-state index in [-0.39, 0.29) is 22.6 Å². The molecule has 1 fully saturated rings. The Morgan fingerprint density at radius 1 is 1.33 bits per heavy atom. The molecular weight excluding hydrogens is 306 g/mol. The van der Waals surface area contributed by atoms with Gasteiger partial charge in [-0.3, -0.25) is 14.9 Å². The van der Waals surface area contributed by atoms with Gasteiger partial charge in [-0.1, -0.05) is 19.3 Å². The van der Waals surface area contributed by atoms with Crippen molar-refractivity contribution < 1.29 is 9.72 Å². The van der Waals surface area contributed by atoms with E-state index >= 15 is 0 Å². The zero-order chi connectivity index (χ0) is 17.1. The lowest BCUT2D eigenvalue weighted by atomic mass is 9.89.